The average molecular weight is 356 g/mol. The number of alkyl carbamates (subject to hydrolysis) is 1. The van der Waals surface area contributed by atoms with Crippen LogP contribution in [0.1, 0.15) is 44.6 Å². The highest BCUT2D eigenvalue weighted by Crippen LogP contribution is 2.59. The molecule has 5 nitrogen and oxygen atoms in total. The number of amides is 2. The number of likely N-dealkylation sites (tertiary alicyclic amines) is 1. The molecule has 140 valence electrons. The number of rotatable bonds is 5. The van der Waals surface area contributed by atoms with Gasteiger partial charge in [0.05, 0.1) is 6.61 Å². The topological polar surface area (TPSA) is 58.6 Å². The van der Waals surface area contributed by atoms with Gasteiger partial charge in [0, 0.05) is 30.5 Å². The number of nitrogens with zero attached hydrogens (tertiary/aromatic N) is 1. The van der Waals surface area contributed by atoms with Crippen LogP contribution >= 0.6 is 0 Å². The zero-order chi connectivity index (χ0) is 18.1. The molecular weight excluding hydrogens is 328 g/mol. The van der Waals surface area contributed by atoms with Gasteiger partial charge in [-0.15, -0.1) is 0 Å². The number of benzene rings is 1. The first kappa shape index (κ1) is 17.4. The van der Waals surface area contributed by atoms with Crippen LogP contribution in [0.2, 0.25) is 0 Å². The van der Waals surface area contributed by atoms with Crippen LogP contribution in [0.15, 0.2) is 30.3 Å². The van der Waals surface area contributed by atoms with E-state index in [-0.39, 0.29) is 24.0 Å². The number of carbonyl (C=O) groups excluding carboxylic acids is 2. The summed E-state index contributed by atoms with van der Waals surface area (Å²) in [6.45, 7) is 4.16. The van der Waals surface area contributed by atoms with E-state index in [0.717, 1.165) is 38.8 Å². The number of carbonyl (C=O) groups is 2. The molecule has 1 N–H and O–H groups in total. The number of piperidine rings is 1. The number of nitrogens with one attached hydrogen (secondary N) is 1. The Morgan fingerprint density at radius 2 is 2.04 bits per heavy atom. The third kappa shape index (κ3) is 3.19. The average Bonchev–Trinajstić information content (AvgIpc) is 3.38. The van der Waals surface area contributed by atoms with Gasteiger partial charge in [0.25, 0.3) is 0 Å². The van der Waals surface area contributed by atoms with Crippen molar-refractivity contribution in [2.24, 2.45) is 11.8 Å². The van der Waals surface area contributed by atoms with Gasteiger partial charge in [0.1, 0.15) is 0 Å². The molecule has 1 saturated heterocycles. The molecule has 0 aromatic heterocycles. The van der Waals surface area contributed by atoms with Crippen LogP contribution in [-0.4, -0.2) is 42.6 Å². The molecule has 1 aliphatic heterocycles. The highest BCUT2D eigenvalue weighted by Gasteiger charge is 2.58. The van der Waals surface area contributed by atoms with E-state index in [1.807, 2.05) is 6.92 Å². The van der Waals surface area contributed by atoms with E-state index in [2.05, 4.69) is 40.5 Å². The molecule has 2 atom stereocenters. The SMILES string of the molecule is CCCOC(=O)NC1CC(C(=O)N2CC[C@@]3(c4ccccc4)C[C@H]3C2)C1. The second-order valence-corrected chi connectivity index (χ2v) is 8.10. The van der Waals surface area contributed by atoms with Crippen molar-refractivity contribution in [2.45, 2.75) is 50.5 Å². The molecule has 0 bridgehead atoms. The number of hydrogen-bond donors (Lipinski definition) is 1. The maximum atomic E-state index is 12.8. The lowest BCUT2D eigenvalue weighted by Crippen LogP contribution is -2.52. The minimum Gasteiger partial charge on any atom is -0.450 e. The third-order valence-corrected chi connectivity index (χ3v) is 6.41. The molecule has 26 heavy (non-hydrogen) atoms. The van der Waals surface area contributed by atoms with Gasteiger partial charge in [-0.3, -0.25) is 4.79 Å². The van der Waals surface area contributed by atoms with E-state index in [1.54, 1.807) is 0 Å². The monoisotopic (exact) mass is 356 g/mol. The quantitative estimate of drug-likeness (QED) is 0.882. The second kappa shape index (κ2) is 6.93. The first-order chi connectivity index (χ1) is 12.6. The van der Waals surface area contributed by atoms with E-state index in [0.29, 0.717) is 17.9 Å². The van der Waals surface area contributed by atoms with Crippen molar-refractivity contribution in [1.82, 2.24) is 10.2 Å². The molecule has 1 aromatic carbocycles. The fourth-order valence-electron chi connectivity index (χ4n) is 4.68. The van der Waals surface area contributed by atoms with Crippen molar-refractivity contribution in [3.05, 3.63) is 35.9 Å². The molecular formula is C21H28N2O3. The first-order valence-corrected chi connectivity index (χ1v) is 9.90. The molecule has 0 unspecified atom stereocenters. The summed E-state index contributed by atoms with van der Waals surface area (Å²) in [6.07, 6.45) is 4.23. The van der Waals surface area contributed by atoms with Crippen LogP contribution in [0.3, 0.4) is 0 Å². The second-order valence-electron chi connectivity index (χ2n) is 8.10. The van der Waals surface area contributed by atoms with Crippen LogP contribution in [0, 0.1) is 11.8 Å². The Bertz CT molecular complexity index is 671. The normalized spacial score (nSPS) is 32.2. The lowest BCUT2D eigenvalue weighted by Gasteiger charge is -2.40. The number of hydrogen-bond acceptors (Lipinski definition) is 3. The number of ether oxygens (including phenoxy) is 1. The Morgan fingerprint density at radius 3 is 2.73 bits per heavy atom. The summed E-state index contributed by atoms with van der Waals surface area (Å²) in [5, 5.41) is 2.85. The summed E-state index contributed by atoms with van der Waals surface area (Å²) in [6, 6.07) is 10.8. The number of fused-ring (bicyclic) bond motifs is 1. The van der Waals surface area contributed by atoms with Gasteiger partial charge in [-0.1, -0.05) is 37.3 Å². The Labute approximate surface area is 155 Å². The van der Waals surface area contributed by atoms with E-state index in [1.165, 1.54) is 12.0 Å². The van der Waals surface area contributed by atoms with E-state index >= 15 is 0 Å². The van der Waals surface area contributed by atoms with Gasteiger partial charge in [-0.05, 0) is 43.6 Å². The zero-order valence-electron chi connectivity index (χ0n) is 15.4. The predicted molar refractivity (Wildman–Crippen MR) is 98.7 cm³/mol. The summed E-state index contributed by atoms with van der Waals surface area (Å²) in [5.74, 6) is 0.952. The van der Waals surface area contributed by atoms with Crippen molar-refractivity contribution < 1.29 is 14.3 Å². The molecule has 3 aliphatic rings. The van der Waals surface area contributed by atoms with Crippen LogP contribution in [0.5, 0.6) is 0 Å². The van der Waals surface area contributed by atoms with Crippen molar-refractivity contribution in [1.29, 1.82) is 0 Å². The highest BCUT2D eigenvalue weighted by molar-refractivity contribution is 5.80. The van der Waals surface area contributed by atoms with Gasteiger partial charge < -0.3 is 15.0 Å². The van der Waals surface area contributed by atoms with Crippen LogP contribution < -0.4 is 5.32 Å². The maximum absolute atomic E-state index is 12.8. The fourth-order valence-corrected chi connectivity index (χ4v) is 4.68. The molecule has 2 aliphatic carbocycles. The minimum absolute atomic E-state index is 0.0643. The summed E-state index contributed by atoms with van der Waals surface area (Å²) in [4.78, 5) is 26.4. The van der Waals surface area contributed by atoms with Crippen molar-refractivity contribution in [3.8, 4) is 0 Å². The lowest BCUT2D eigenvalue weighted by atomic mass is 9.78. The molecule has 5 heteroatoms. The molecule has 0 spiro atoms. The van der Waals surface area contributed by atoms with Gasteiger partial charge in [0.15, 0.2) is 0 Å². The Morgan fingerprint density at radius 1 is 1.27 bits per heavy atom. The molecule has 3 fully saturated rings. The molecule has 1 aromatic rings. The Balaban J connectivity index is 1.24. The van der Waals surface area contributed by atoms with Crippen LogP contribution in [-0.2, 0) is 14.9 Å². The zero-order valence-corrected chi connectivity index (χ0v) is 15.4. The van der Waals surface area contributed by atoms with Crippen LogP contribution in [0.25, 0.3) is 0 Å². The minimum atomic E-state index is -0.355. The van der Waals surface area contributed by atoms with E-state index in [4.69, 9.17) is 4.74 Å². The molecule has 2 amide bonds. The maximum Gasteiger partial charge on any atom is 0.407 e. The highest BCUT2D eigenvalue weighted by atomic mass is 16.5. The first-order valence-electron chi connectivity index (χ1n) is 9.90. The van der Waals surface area contributed by atoms with Crippen molar-refractivity contribution >= 4 is 12.0 Å². The summed E-state index contributed by atoms with van der Waals surface area (Å²) in [5.41, 5.74) is 1.76. The third-order valence-electron chi connectivity index (χ3n) is 6.41. The van der Waals surface area contributed by atoms with Crippen molar-refractivity contribution in [3.63, 3.8) is 0 Å². The summed E-state index contributed by atoms with van der Waals surface area (Å²) < 4.78 is 5.04. The van der Waals surface area contributed by atoms with Gasteiger partial charge in [-0.25, -0.2) is 4.79 Å². The largest absolute Gasteiger partial charge is 0.450 e. The van der Waals surface area contributed by atoms with E-state index < -0.39 is 0 Å². The molecule has 0 radical (unpaired) electrons. The van der Waals surface area contributed by atoms with Crippen LogP contribution in [0.4, 0.5) is 4.79 Å². The summed E-state index contributed by atoms with van der Waals surface area (Å²) in [7, 11) is 0. The molecule has 1 heterocycles. The Kier molecular flexibility index (Phi) is 4.63. The smallest absolute Gasteiger partial charge is 0.407 e. The predicted octanol–water partition coefficient (Wildman–Crippen LogP) is 3.09. The Hall–Kier alpha value is -2.04. The summed E-state index contributed by atoms with van der Waals surface area (Å²) >= 11 is 0. The van der Waals surface area contributed by atoms with Gasteiger partial charge in [0.2, 0.25) is 5.91 Å². The van der Waals surface area contributed by atoms with E-state index in [9.17, 15) is 9.59 Å². The lowest BCUT2D eigenvalue weighted by molar-refractivity contribution is -0.140. The van der Waals surface area contributed by atoms with Gasteiger partial charge >= 0.3 is 6.09 Å². The molecule has 2 saturated carbocycles. The molecule has 4 rings (SSSR count). The van der Waals surface area contributed by atoms with Crippen molar-refractivity contribution in [2.75, 3.05) is 19.7 Å². The fraction of sp³-hybridized carbons (Fsp3) is 0.619. The standard InChI is InChI=1S/C21H28N2O3/c1-2-10-26-20(25)22-18-11-15(12-18)19(24)23-9-8-21(13-17(21)14-23)16-6-4-3-5-7-16/h3-7,15,17-18H,2,8-14H2,1H3,(H,22,25)/t15?,17-,18?,21-/m0/s1. The van der Waals surface area contributed by atoms with Gasteiger partial charge in [-0.2, -0.15) is 0 Å².